The maximum absolute atomic E-state index is 13.5. The molecule has 0 unspecified atom stereocenters. The van der Waals surface area contributed by atoms with Gasteiger partial charge in [-0.1, -0.05) is 95.4 Å². The van der Waals surface area contributed by atoms with Gasteiger partial charge in [0.2, 0.25) is 22.4 Å². The van der Waals surface area contributed by atoms with E-state index < -0.39 is 0 Å². The molecule has 20 nitrogen and oxygen atoms in total. The lowest BCUT2D eigenvalue weighted by Gasteiger charge is -2.33. The quantitative estimate of drug-likeness (QED) is 0.0361. The minimum Gasteiger partial charge on any atom is -0.491 e. The van der Waals surface area contributed by atoms with Gasteiger partial charge in [0.05, 0.1) is 88.1 Å². The van der Waals surface area contributed by atoms with Crippen LogP contribution in [0.15, 0.2) is 189 Å². The van der Waals surface area contributed by atoms with E-state index in [1.807, 2.05) is 155 Å². The lowest BCUT2D eigenvalue weighted by molar-refractivity contribution is 0.0332. The van der Waals surface area contributed by atoms with Crippen molar-refractivity contribution in [1.29, 1.82) is 0 Å². The van der Waals surface area contributed by atoms with Gasteiger partial charge in [0.15, 0.2) is 11.5 Å². The molecule has 0 N–H and O–H groups in total. The molecule has 20 heteroatoms. The van der Waals surface area contributed by atoms with Crippen LogP contribution in [0.1, 0.15) is 22.5 Å². The normalized spacial score (nSPS) is 12.9. The molecule has 1 fully saturated rings. The third kappa shape index (κ3) is 16.2. The highest BCUT2D eigenvalue weighted by molar-refractivity contribution is 5.83. The fraction of sp³-hybridized carbons (Fsp3) is 0.303. The van der Waals surface area contributed by atoms with Gasteiger partial charge < -0.3 is 46.7 Å². The Balaban J connectivity index is 0.507. The molecule has 86 heavy (non-hydrogen) atoms. The van der Waals surface area contributed by atoms with E-state index in [0.29, 0.717) is 135 Å². The first kappa shape index (κ1) is 58.7. The van der Waals surface area contributed by atoms with Gasteiger partial charge in [0.1, 0.15) is 49.1 Å². The SMILES string of the molecule is O=c1c(OCc2ccccc2)c(-c2ccc(OCCOCCOCCn3cc(CN4CCN(Cc5cn(CCOCCOCCOc6ccc(-c7oc8ccccc8c(=O)c7OCc7ccccc7)cc6)nn5)CC4)nn3)cc2)oc2ccccc12. The maximum Gasteiger partial charge on any atom is 0.235 e. The zero-order chi connectivity index (χ0) is 58.5. The molecule has 11 rings (SSSR count). The van der Waals surface area contributed by atoms with Crippen LogP contribution < -0.4 is 29.8 Å². The van der Waals surface area contributed by atoms with Crippen molar-refractivity contribution in [3.8, 4) is 45.6 Å². The van der Waals surface area contributed by atoms with Crippen LogP contribution in [0.25, 0.3) is 44.6 Å². The third-order valence-electron chi connectivity index (χ3n) is 14.3. The summed E-state index contributed by atoms with van der Waals surface area (Å²) < 4.78 is 63.2. The molecule has 10 aromatic rings. The summed E-state index contributed by atoms with van der Waals surface area (Å²) in [6.45, 7) is 11.0. The first-order valence-electron chi connectivity index (χ1n) is 28.9. The topological polar surface area (TPSA) is 202 Å². The smallest absolute Gasteiger partial charge is 0.235 e. The molecule has 444 valence electrons. The second-order valence-corrected chi connectivity index (χ2v) is 20.4. The summed E-state index contributed by atoms with van der Waals surface area (Å²) in [5.41, 5.74) is 5.69. The van der Waals surface area contributed by atoms with Crippen LogP contribution >= 0.6 is 0 Å². The number of hydrogen-bond donors (Lipinski definition) is 0. The van der Waals surface area contributed by atoms with E-state index in [1.165, 1.54) is 0 Å². The summed E-state index contributed by atoms with van der Waals surface area (Å²) in [4.78, 5) is 31.8. The average molecular weight is 1170 g/mol. The van der Waals surface area contributed by atoms with Crippen LogP contribution in [0.4, 0.5) is 0 Å². The lowest BCUT2D eigenvalue weighted by Crippen LogP contribution is -2.45. The summed E-state index contributed by atoms with van der Waals surface area (Å²) in [5, 5.41) is 18.4. The van der Waals surface area contributed by atoms with Gasteiger partial charge in [-0.15, -0.1) is 10.2 Å². The molecule has 1 aliphatic rings. The minimum atomic E-state index is -0.219. The van der Waals surface area contributed by atoms with Crippen molar-refractivity contribution in [3.05, 3.63) is 213 Å². The Hall–Kier alpha value is -9.02. The van der Waals surface area contributed by atoms with Crippen molar-refractivity contribution in [2.24, 2.45) is 0 Å². The summed E-state index contributed by atoms with van der Waals surface area (Å²) in [5.74, 6) is 2.40. The van der Waals surface area contributed by atoms with Crippen molar-refractivity contribution in [2.75, 3.05) is 92.2 Å². The van der Waals surface area contributed by atoms with Crippen LogP contribution in [-0.2, 0) is 58.3 Å². The molecule has 6 aromatic carbocycles. The van der Waals surface area contributed by atoms with Crippen LogP contribution in [0.5, 0.6) is 23.0 Å². The van der Waals surface area contributed by atoms with E-state index in [4.69, 9.17) is 46.7 Å². The van der Waals surface area contributed by atoms with Gasteiger partial charge in [-0.25, -0.2) is 9.36 Å². The second-order valence-electron chi connectivity index (χ2n) is 20.4. The van der Waals surface area contributed by atoms with Gasteiger partial charge in [0, 0.05) is 62.8 Å². The van der Waals surface area contributed by atoms with Gasteiger partial charge >= 0.3 is 0 Å². The summed E-state index contributed by atoms with van der Waals surface area (Å²) in [6.07, 6.45) is 3.97. The van der Waals surface area contributed by atoms with Gasteiger partial charge in [-0.3, -0.25) is 19.4 Å². The van der Waals surface area contributed by atoms with Crippen LogP contribution in [0.2, 0.25) is 0 Å². The molecule has 1 saturated heterocycles. The Morgan fingerprint density at radius 3 is 1.19 bits per heavy atom. The highest BCUT2D eigenvalue weighted by atomic mass is 16.6. The highest BCUT2D eigenvalue weighted by Gasteiger charge is 2.22. The van der Waals surface area contributed by atoms with E-state index in [-0.39, 0.29) is 35.6 Å². The van der Waals surface area contributed by atoms with Crippen LogP contribution in [-0.4, -0.2) is 132 Å². The maximum atomic E-state index is 13.5. The van der Waals surface area contributed by atoms with Gasteiger partial charge in [0.25, 0.3) is 0 Å². The highest BCUT2D eigenvalue weighted by Crippen LogP contribution is 2.34. The summed E-state index contributed by atoms with van der Waals surface area (Å²) in [7, 11) is 0. The number of hydrogen-bond acceptors (Lipinski definition) is 18. The number of ether oxygens (including phenoxy) is 8. The van der Waals surface area contributed by atoms with E-state index in [1.54, 1.807) is 24.3 Å². The Bertz CT molecular complexity index is 3580. The second kappa shape index (κ2) is 30.2. The molecular weight excluding hydrogens is 1100 g/mol. The molecule has 0 radical (unpaired) electrons. The van der Waals surface area contributed by atoms with E-state index in [0.717, 1.165) is 61.8 Å². The number of para-hydroxylation sites is 2. The molecule has 1 aliphatic heterocycles. The first-order chi connectivity index (χ1) is 42.5. The van der Waals surface area contributed by atoms with Crippen molar-refractivity contribution >= 4 is 21.9 Å². The fourth-order valence-corrected chi connectivity index (χ4v) is 9.76. The molecule has 0 aliphatic carbocycles. The molecule has 0 bridgehead atoms. The summed E-state index contributed by atoms with van der Waals surface area (Å²) in [6, 6.07) is 48.5. The molecule has 0 spiro atoms. The lowest BCUT2D eigenvalue weighted by atomic mass is 10.1. The van der Waals surface area contributed by atoms with E-state index in [9.17, 15) is 9.59 Å². The predicted molar refractivity (Wildman–Crippen MR) is 322 cm³/mol. The number of aromatic nitrogens is 6. The van der Waals surface area contributed by atoms with Crippen LogP contribution in [0.3, 0.4) is 0 Å². The zero-order valence-electron chi connectivity index (χ0n) is 47.8. The monoisotopic (exact) mass is 1160 g/mol. The molecular formula is C66H68N8O12. The van der Waals surface area contributed by atoms with Crippen molar-refractivity contribution in [2.45, 2.75) is 39.4 Å². The Morgan fingerprint density at radius 1 is 0.395 bits per heavy atom. The molecule has 4 aromatic heterocycles. The van der Waals surface area contributed by atoms with E-state index in [2.05, 4.69) is 30.4 Å². The first-order valence-corrected chi connectivity index (χ1v) is 28.9. The van der Waals surface area contributed by atoms with Gasteiger partial charge in [-0.05, 0) is 83.9 Å². The summed E-state index contributed by atoms with van der Waals surface area (Å²) >= 11 is 0. The van der Waals surface area contributed by atoms with Crippen molar-refractivity contribution < 1.29 is 46.7 Å². The van der Waals surface area contributed by atoms with Gasteiger partial charge in [-0.2, -0.15) is 0 Å². The van der Waals surface area contributed by atoms with E-state index >= 15 is 0 Å². The minimum absolute atomic E-state index is 0.169. The molecule has 0 amide bonds. The van der Waals surface area contributed by atoms with Crippen LogP contribution in [0, 0.1) is 0 Å². The van der Waals surface area contributed by atoms with Crippen molar-refractivity contribution in [1.82, 2.24) is 39.8 Å². The molecule has 0 saturated carbocycles. The Morgan fingerprint density at radius 2 is 0.767 bits per heavy atom. The number of piperazine rings is 1. The Kier molecular flexibility index (Phi) is 20.6. The number of benzene rings is 6. The largest absolute Gasteiger partial charge is 0.491 e. The standard InChI is InChI=1S/C66H68N8O12/c75-61-57-15-7-9-17-59(57)85-63(65(61)83-47-49-11-3-1-4-12-49)51-19-23-55(24-20-51)81-41-39-79-37-35-77-33-31-73-45-53(67-69-73)43-71-27-29-72(30-28-71)44-54-46-74(70-68-54)32-34-78-36-38-80-40-42-82-56-25-21-52(22-26-56)64-66(84-48-50-13-5-2-6-14-50)62(76)58-16-8-10-18-60(58)86-64/h1-26,45-46H,27-44,47-48H2. The van der Waals surface area contributed by atoms with Crippen molar-refractivity contribution in [3.63, 3.8) is 0 Å². The fourth-order valence-electron chi connectivity index (χ4n) is 9.76. The Labute approximate surface area is 496 Å². The number of fused-ring (bicyclic) bond motifs is 2. The predicted octanol–water partition coefficient (Wildman–Crippen LogP) is 9.12. The molecule has 5 heterocycles. The number of nitrogens with zero attached hydrogens (tertiary/aromatic N) is 8. The third-order valence-corrected chi connectivity index (χ3v) is 14.3. The number of rotatable bonds is 32. The average Bonchev–Trinajstić information content (AvgIpc) is 2.28. The zero-order valence-corrected chi connectivity index (χ0v) is 47.8. The molecule has 0 atom stereocenters.